The number of likely N-dealkylation sites (N-methyl/N-ethyl adjacent to an activating group) is 1. The van der Waals surface area contributed by atoms with Crippen LogP contribution in [0.1, 0.15) is 52.0 Å². The maximum atomic E-state index is 13.6. The minimum absolute atomic E-state index is 0.0375. The molecule has 3 aromatic carbocycles. The van der Waals surface area contributed by atoms with Crippen LogP contribution in [-0.4, -0.2) is 78.6 Å². The van der Waals surface area contributed by atoms with Crippen molar-refractivity contribution >= 4 is 23.4 Å². The Balaban J connectivity index is 1.04. The van der Waals surface area contributed by atoms with Gasteiger partial charge in [0.05, 0.1) is 24.1 Å². The fourth-order valence-corrected chi connectivity index (χ4v) is 6.38. The van der Waals surface area contributed by atoms with E-state index in [2.05, 4.69) is 27.7 Å². The molecule has 0 radical (unpaired) electrons. The van der Waals surface area contributed by atoms with Crippen molar-refractivity contribution in [1.82, 2.24) is 15.1 Å². The van der Waals surface area contributed by atoms with E-state index in [1.54, 1.807) is 24.1 Å². The molecule has 9 nitrogen and oxygen atoms in total. The molecule has 2 N–H and O–H groups in total. The highest BCUT2D eigenvalue weighted by molar-refractivity contribution is 6.05. The lowest BCUT2D eigenvalue weighted by molar-refractivity contribution is -0.134. The second-order valence-electron chi connectivity index (χ2n) is 11.9. The number of hydrogen-bond acceptors (Lipinski definition) is 6. The van der Waals surface area contributed by atoms with Gasteiger partial charge in [-0.2, -0.15) is 0 Å². The van der Waals surface area contributed by atoms with Crippen LogP contribution in [0, 0.1) is 11.6 Å². The standard InChI is InChI=1S/C34H36F2N4O5/c1-39-29-11-9-25(17-32(41)37-24-13-14-40(19-24)18-21-5-3-2-4-6-21)45-31(29)20-44-30-12-8-23(16-26(30)34(39)43)38-33(42)22-7-10-27(35)28(36)15-22/h2-8,10,12,15-16,24-25,29,31H,9,11,13-14,17-20H2,1H3,(H,37,41)(H,38,42)/t24-,25+,29+,31-/m1/s1. The SMILES string of the molecule is CN1C(=O)c2cc(NC(=O)c3ccc(F)c(F)c3)ccc2OC[C@H]2O[C@H](CC(=O)N[C@@H]3CCN(Cc4ccccc4)C3)CC[C@@H]21. The van der Waals surface area contributed by atoms with E-state index in [9.17, 15) is 23.2 Å². The zero-order valence-electron chi connectivity index (χ0n) is 25.0. The predicted molar refractivity (Wildman–Crippen MR) is 163 cm³/mol. The van der Waals surface area contributed by atoms with Crippen LogP contribution in [-0.2, 0) is 16.1 Å². The van der Waals surface area contributed by atoms with Gasteiger partial charge in [0.1, 0.15) is 18.5 Å². The maximum absolute atomic E-state index is 13.6. The Morgan fingerprint density at radius 2 is 1.80 bits per heavy atom. The van der Waals surface area contributed by atoms with Crippen molar-refractivity contribution < 1.29 is 32.6 Å². The molecule has 3 amide bonds. The number of likely N-dealkylation sites (tertiary alicyclic amines) is 1. The number of fused-ring (bicyclic) bond motifs is 2. The number of ether oxygens (including phenoxy) is 2. The number of hydrogen-bond donors (Lipinski definition) is 2. The van der Waals surface area contributed by atoms with Crippen molar-refractivity contribution in [3.8, 4) is 5.75 Å². The second-order valence-corrected chi connectivity index (χ2v) is 11.9. The minimum Gasteiger partial charge on any atom is -0.490 e. The quantitative estimate of drug-likeness (QED) is 0.408. The first-order valence-corrected chi connectivity index (χ1v) is 15.2. The van der Waals surface area contributed by atoms with Crippen LogP contribution in [0.15, 0.2) is 66.7 Å². The lowest BCUT2D eigenvalue weighted by Crippen LogP contribution is -2.54. The van der Waals surface area contributed by atoms with Gasteiger partial charge in [-0.3, -0.25) is 19.3 Å². The second kappa shape index (κ2) is 13.3. The zero-order chi connectivity index (χ0) is 31.5. The first-order chi connectivity index (χ1) is 21.7. The van der Waals surface area contributed by atoms with Gasteiger partial charge in [-0.25, -0.2) is 8.78 Å². The summed E-state index contributed by atoms with van der Waals surface area (Å²) in [6, 6.07) is 17.7. The molecule has 0 aliphatic carbocycles. The molecular weight excluding hydrogens is 582 g/mol. The van der Waals surface area contributed by atoms with Crippen molar-refractivity contribution in [3.05, 3.63) is 95.1 Å². The number of halogens is 2. The van der Waals surface area contributed by atoms with E-state index >= 15 is 0 Å². The highest BCUT2D eigenvalue weighted by atomic mass is 19.2. The Morgan fingerprint density at radius 3 is 2.60 bits per heavy atom. The number of carbonyl (C=O) groups is 3. The van der Waals surface area contributed by atoms with E-state index in [0.29, 0.717) is 24.3 Å². The third-order valence-electron chi connectivity index (χ3n) is 8.75. The summed E-state index contributed by atoms with van der Waals surface area (Å²) in [6.45, 7) is 2.80. The molecule has 0 saturated carbocycles. The van der Waals surface area contributed by atoms with Gasteiger partial charge in [-0.15, -0.1) is 0 Å². The molecule has 2 saturated heterocycles. The van der Waals surface area contributed by atoms with E-state index in [1.165, 1.54) is 17.7 Å². The Bertz CT molecular complexity index is 1570. The number of benzene rings is 3. The van der Waals surface area contributed by atoms with E-state index < -0.39 is 23.6 Å². The molecule has 0 bridgehead atoms. The largest absolute Gasteiger partial charge is 0.490 e. The molecule has 6 rings (SSSR count). The van der Waals surface area contributed by atoms with Gasteiger partial charge < -0.3 is 25.0 Å². The number of nitrogens with one attached hydrogen (secondary N) is 2. The summed E-state index contributed by atoms with van der Waals surface area (Å²) in [5.41, 5.74) is 1.77. The van der Waals surface area contributed by atoms with Crippen LogP contribution in [0.4, 0.5) is 14.5 Å². The molecule has 3 aliphatic heterocycles. The van der Waals surface area contributed by atoms with Crippen LogP contribution in [0.3, 0.4) is 0 Å². The lowest BCUT2D eigenvalue weighted by atomic mass is 9.94. The predicted octanol–water partition coefficient (Wildman–Crippen LogP) is 4.38. The van der Waals surface area contributed by atoms with Gasteiger partial charge in [-0.1, -0.05) is 30.3 Å². The summed E-state index contributed by atoms with van der Waals surface area (Å²) >= 11 is 0. The van der Waals surface area contributed by atoms with Crippen molar-refractivity contribution in [2.45, 2.75) is 56.5 Å². The van der Waals surface area contributed by atoms with Crippen LogP contribution in [0.2, 0.25) is 0 Å². The lowest BCUT2D eigenvalue weighted by Gasteiger charge is -2.42. The molecule has 236 valence electrons. The van der Waals surface area contributed by atoms with Gasteiger partial charge in [0.2, 0.25) is 5.91 Å². The van der Waals surface area contributed by atoms with E-state index in [0.717, 1.165) is 38.2 Å². The van der Waals surface area contributed by atoms with Crippen LogP contribution < -0.4 is 15.4 Å². The third kappa shape index (κ3) is 7.15. The summed E-state index contributed by atoms with van der Waals surface area (Å²) in [7, 11) is 1.71. The molecule has 3 aromatic rings. The molecule has 0 aromatic heterocycles. The monoisotopic (exact) mass is 618 g/mol. The molecule has 0 unspecified atom stereocenters. The number of rotatable bonds is 7. The highest BCUT2D eigenvalue weighted by Gasteiger charge is 2.39. The van der Waals surface area contributed by atoms with Crippen LogP contribution >= 0.6 is 0 Å². The Labute approximate surface area is 260 Å². The molecule has 11 heteroatoms. The van der Waals surface area contributed by atoms with Crippen molar-refractivity contribution in [2.24, 2.45) is 0 Å². The summed E-state index contributed by atoms with van der Waals surface area (Å²) in [5.74, 6) is -2.82. The number of nitrogens with zero attached hydrogens (tertiary/aromatic N) is 2. The van der Waals surface area contributed by atoms with E-state index in [1.807, 2.05) is 18.2 Å². The molecule has 4 atom stereocenters. The maximum Gasteiger partial charge on any atom is 0.257 e. The molecule has 2 fully saturated rings. The first kappa shape index (κ1) is 30.7. The van der Waals surface area contributed by atoms with Crippen LogP contribution in [0.25, 0.3) is 0 Å². The van der Waals surface area contributed by atoms with Gasteiger partial charge in [0, 0.05) is 44.0 Å². The van der Waals surface area contributed by atoms with Gasteiger partial charge in [-0.05, 0) is 61.2 Å². The Hall–Kier alpha value is -4.35. The first-order valence-electron chi connectivity index (χ1n) is 15.2. The summed E-state index contributed by atoms with van der Waals surface area (Å²) < 4.78 is 39.2. The molecule has 45 heavy (non-hydrogen) atoms. The van der Waals surface area contributed by atoms with Crippen molar-refractivity contribution in [2.75, 3.05) is 32.1 Å². The molecular formula is C34H36F2N4O5. The molecule has 3 heterocycles. The molecule has 0 spiro atoms. The van der Waals surface area contributed by atoms with E-state index in [-0.39, 0.29) is 54.2 Å². The van der Waals surface area contributed by atoms with Crippen LogP contribution in [0.5, 0.6) is 5.75 Å². The summed E-state index contributed by atoms with van der Waals surface area (Å²) in [4.78, 5) is 43.1. The summed E-state index contributed by atoms with van der Waals surface area (Å²) in [6.07, 6.45) is 1.71. The minimum atomic E-state index is -1.13. The number of carbonyl (C=O) groups excluding carboxylic acids is 3. The average molecular weight is 619 g/mol. The highest BCUT2D eigenvalue weighted by Crippen LogP contribution is 2.33. The average Bonchev–Trinajstić information content (AvgIpc) is 3.47. The third-order valence-corrected chi connectivity index (χ3v) is 8.75. The van der Waals surface area contributed by atoms with Crippen molar-refractivity contribution in [1.29, 1.82) is 0 Å². The molecule has 3 aliphatic rings. The van der Waals surface area contributed by atoms with Gasteiger partial charge >= 0.3 is 0 Å². The fourth-order valence-electron chi connectivity index (χ4n) is 6.38. The topological polar surface area (TPSA) is 100 Å². The Kier molecular flexibility index (Phi) is 9.09. The number of anilines is 1. The van der Waals surface area contributed by atoms with Gasteiger partial charge in [0.15, 0.2) is 11.6 Å². The fraction of sp³-hybridized carbons (Fsp3) is 0.382. The normalized spacial score (nSPS) is 23.3. The zero-order valence-corrected chi connectivity index (χ0v) is 25.0. The smallest absolute Gasteiger partial charge is 0.257 e. The Morgan fingerprint density at radius 1 is 0.978 bits per heavy atom. The summed E-state index contributed by atoms with van der Waals surface area (Å²) in [5, 5.41) is 5.80. The van der Waals surface area contributed by atoms with Crippen molar-refractivity contribution in [3.63, 3.8) is 0 Å². The van der Waals surface area contributed by atoms with E-state index in [4.69, 9.17) is 9.47 Å². The van der Waals surface area contributed by atoms with Gasteiger partial charge in [0.25, 0.3) is 11.8 Å². The number of amides is 3.